The van der Waals surface area contributed by atoms with Crippen LogP contribution in [0.4, 0.5) is 0 Å². The van der Waals surface area contributed by atoms with E-state index in [4.69, 9.17) is 4.74 Å². The van der Waals surface area contributed by atoms with E-state index in [1.165, 1.54) is 0 Å². The van der Waals surface area contributed by atoms with Crippen LogP contribution < -0.4 is 4.74 Å². The lowest BCUT2D eigenvalue weighted by Crippen LogP contribution is -2.40. The Morgan fingerprint density at radius 1 is 1.48 bits per heavy atom. The van der Waals surface area contributed by atoms with Crippen LogP contribution in [0.2, 0.25) is 0 Å². The molecule has 0 bridgehead atoms. The second-order valence-corrected chi connectivity index (χ2v) is 4.64. The van der Waals surface area contributed by atoms with Gasteiger partial charge in [0.05, 0.1) is 6.54 Å². The van der Waals surface area contributed by atoms with E-state index in [0.717, 1.165) is 11.3 Å². The summed E-state index contributed by atoms with van der Waals surface area (Å²) < 4.78 is 5.40. The number of aliphatic carboxylic acids is 1. The summed E-state index contributed by atoms with van der Waals surface area (Å²) in [6.07, 6.45) is 2.11. The van der Waals surface area contributed by atoms with Crippen LogP contribution in [0.3, 0.4) is 0 Å². The summed E-state index contributed by atoms with van der Waals surface area (Å²) in [5.74, 6) is 5.56. The van der Waals surface area contributed by atoms with Gasteiger partial charge in [-0.25, -0.2) is 0 Å². The van der Waals surface area contributed by atoms with Gasteiger partial charge in [-0.3, -0.25) is 9.69 Å². The van der Waals surface area contributed by atoms with Gasteiger partial charge in [0.1, 0.15) is 18.4 Å². The Labute approximate surface area is 126 Å². The Kier molecular flexibility index (Phi) is 7.06. The SMILES string of the molecule is C=CCOc1ccc(C[C@@H](C(=O)O)N(C)CC#CC)cc1. The Morgan fingerprint density at radius 2 is 2.14 bits per heavy atom. The van der Waals surface area contributed by atoms with Crippen molar-refractivity contribution < 1.29 is 14.6 Å². The lowest BCUT2D eigenvalue weighted by Gasteiger charge is -2.22. The first kappa shape index (κ1) is 16.8. The minimum absolute atomic E-state index is 0.430. The fourth-order valence-electron chi connectivity index (χ4n) is 1.85. The summed E-state index contributed by atoms with van der Waals surface area (Å²) in [6.45, 7) is 6.22. The minimum Gasteiger partial charge on any atom is -0.490 e. The quantitative estimate of drug-likeness (QED) is 0.588. The molecule has 0 spiro atoms. The molecule has 1 rings (SSSR count). The average Bonchev–Trinajstić information content (AvgIpc) is 2.49. The number of ether oxygens (including phenoxy) is 1. The van der Waals surface area contributed by atoms with Crippen LogP contribution in [0.25, 0.3) is 0 Å². The number of carboxylic acid groups (broad SMARTS) is 1. The third-order valence-electron chi connectivity index (χ3n) is 3.04. The number of rotatable bonds is 8. The lowest BCUT2D eigenvalue weighted by atomic mass is 10.0. The average molecular weight is 287 g/mol. The molecule has 0 aliphatic rings. The molecule has 0 amide bonds. The molecular formula is C17H21NO3. The van der Waals surface area contributed by atoms with Gasteiger partial charge in [-0.2, -0.15) is 0 Å². The predicted molar refractivity (Wildman–Crippen MR) is 83.3 cm³/mol. The smallest absolute Gasteiger partial charge is 0.321 e. The van der Waals surface area contributed by atoms with Gasteiger partial charge in [-0.15, -0.1) is 5.92 Å². The molecule has 0 heterocycles. The summed E-state index contributed by atoms with van der Waals surface area (Å²) >= 11 is 0. The van der Waals surface area contributed by atoms with E-state index >= 15 is 0 Å². The number of carboxylic acids is 1. The first-order valence-corrected chi connectivity index (χ1v) is 6.73. The second kappa shape index (κ2) is 8.83. The van der Waals surface area contributed by atoms with E-state index < -0.39 is 12.0 Å². The van der Waals surface area contributed by atoms with Crippen LogP contribution in [-0.2, 0) is 11.2 Å². The monoisotopic (exact) mass is 287 g/mol. The number of likely N-dealkylation sites (N-methyl/N-ethyl adjacent to an activating group) is 1. The molecule has 1 N–H and O–H groups in total. The molecular weight excluding hydrogens is 266 g/mol. The zero-order chi connectivity index (χ0) is 15.7. The van der Waals surface area contributed by atoms with E-state index in [9.17, 15) is 9.90 Å². The van der Waals surface area contributed by atoms with Crippen molar-refractivity contribution in [3.8, 4) is 17.6 Å². The highest BCUT2D eigenvalue weighted by Gasteiger charge is 2.22. The molecule has 0 saturated carbocycles. The molecule has 0 radical (unpaired) electrons. The van der Waals surface area contributed by atoms with Gasteiger partial charge in [-0.05, 0) is 38.1 Å². The van der Waals surface area contributed by atoms with Crippen LogP contribution in [0.5, 0.6) is 5.75 Å². The maximum absolute atomic E-state index is 11.4. The Balaban J connectivity index is 2.71. The fourth-order valence-corrected chi connectivity index (χ4v) is 1.85. The van der Waals surface area contributed by atoms with Crippen molar-refractivity contribution in [2.45, 2.75) is 19.4 Å². The molecule has 0 aliphatic heterocycles. The van der Waals surface area contributed by atoms with Gasteiger partial charge in [0.15, 0.2) is 0 Å². The highest BCUT2D eigenvalue weighted by molar-refractivity contribution is 5.74. The largest absolute Gasteiger partial charge is 0.490 e. The van der Waals surface area contributed by atoms with Gasteiger partial charge >= 0.3 is 5.97 Å². The van der Waals surface area contributed by atoms with Crippen LogP contribution in [0.15, 0.2) is 36.9 Å². The molecule has 4 heteroatoms. The standard InChI is InChI=1S/C17H21NO3/c1-4-6-11-18(3)16(17(19)20)13-14-7-9-15(10-8-14)21-12-5-2/h5,7-10,16H,2,11-13H2,1,3H3,(H,19,20)/t16-/m0/s1. The molecule has 0 aromatic heterocycles. The van der Waals surface area contributed by atoms with E-state index in [-0.39, 0.29) is 0 Å². The number of carbonyl (C=O) groups is 1. The summed E-state index contributed by atoms with van der Waals surface area (Å²) in [4.78, 5) is 13.1. The van der Waals surface area contributed by atoms with Crippen molar-refractivity contribution >= 4 is 5.97 Å². The number of hydrogen-bond donors (Lipinski definition) is 1. The Bertz CT molecular complexity index is 525. The molecule has 0 fully saturated rings. The van der Waals surface area contributed by atoms with Crippen molar-refractivity contribution in [1.29, 1.82) is 0 Å². The van der Waals surface area contributed by atoms with Crippen molar-refractivity contribution in [2.24, 2.45) is 0 Å². The van der Waals surface area contributed by atoms with Gasteiger partial charge in [-0.1, -0.05) is 30.7 Å². The highest BCUT2D eigenvalue weighted by Crippen LogP contribution is 2.15. The minimum atomic E-state index is -0.845. The van der Waals surface area contributed by atoms with Crippen molar-refractivity contribution in [3.63, 3.8) is 0 Å². The summed E-state index contributed by atoms with van der Waals surface area (Å²) in [5, 5.41) is 9.35. The number of nitrogens with zero attached hydrogens (tertiary/aromatic N) is 1. The first-order chi connectivity index (χ1) is 10.1. The van der Waals surface area contributed by atoms with Gasteiger partial charge in [0.2, 0.25) is 0 Å². The summed E-state index contributed by atoms with van der Waals surface area (Å²) in [5.41, 5.74) is 0.949. The first-order valence-electron chi connectivity index (χ1n) is 6.73. The van der Waals surface area contributed by atoms with Crippen LogP contribution >= 0.6 is 0 Å². The number of hydrogen-bond acceptors (Lipinski definition) is 3. The lowest BCUT2D eigenvalue weighted by molar-refractivity contribution is -0.142. The normalized spacial score (nSPS) is 11.4. The molecule has 21 heavy (non-hydrogen) atoms. The van der Waals surface area contributed by atoms with Crippen LogP contribution in [0.1, 0.15) is 12.5 Å². The third kappa shape index (κ3) is 5.72. The molecule has 1 atom stereocenters. The zero-order valence-electron chi connectivity index (χ0n) is 12.5. The predicted octanol–water partition coefficient (Wildman–Crippen LogP) is 2.20. The molecule has 0 unspecified atom stereocenters. The van der Waals surface area contributed by atoms with Crippen LogP contribution in [-0.4, -0.2) is 42.2 Å². The van der Waals surface area contributed by atoms with Crippen molar-refractivity contribution in [3.05, 3.63) is 42.5 Å². The van der Waals surface area contributed by atoms with Crippen molar-refractivity contribution in [1.82, 2.24) is 4.90 Å². The Morgan fingerprint density at radius 3 is 2.67 bits per heavy atom. The molecule has 112 valence electrons. The van der Waals surface area contributed by atoms with Crippen LogP contribution in [0, 0.1) is 11.8 Å². The molecule has 0 aliphatic carbocycles. The zero-order valence-corrected chi connectivity index (χ0v) is 12.5. The molecule has 1 aromatic carbocycles. The van der Waals surface area contributed by atoms with E-state index in [0.29, 0.717) is 19.6 Å². The van der Waals surface area contributed by atoms with Gasteiger partial charge < -0.3 is 9.84 Å². The topological polar surface area (TPSA) is 49.8 Å². The molecule has 4 nitrogen and oxygen atoms in total. The summed E-state index contributed by atoms with van der Waals surface area (Å²) in [6, 6.07) is 6.85. The van der Waals surface area contributed by atoms with Gasteiger partial charge in [0, 0.05) is 0 Å². The van der Waals surface area contributed by atoms with Gasteiger partial charge in [0.25, 0.3) is 0 Å². The maximum Gasteiger partial charge on any atom is 0.321 e. The second-order valence-electron chi connectivity index (χ2n) is 4.64. The summed E-state index contributed by atoms with van der Waals surface area (Å²) in [7, 11) is 1.77. The maximum atomic E-state index is 11.4. The number of benzene rings is 1. The highest BCUT2D eigenvalue weighted by atomic mass is 16.5. The van der Waals surface area contributed by atoms with Crippen molar-refractivity contribution in [2.75, 3.05) is 20.2 Å². The Hall–Kier alpha value is -2.25. The van der Waals surface area contributed by atoms with E-state index in [1.807, 2.05) is 24.3 Å². The molecule has 0 saturated heterocycles. The fraction of sp³-hybridized carbons (Fsp3) is 0.353. The molecule has 1 aromatic rings. The third-order valence-corrected chi connectivity index (χ3v) is 3.04. The van der Waals surface area contributed by atoms with E-state index in [1.54, 1.807) is 24.9 Å². The van der Waals surface area contributed by atoms with E-state index in [2.05, 4.69) is 18.4 Å².